The predicted octanol–water partition coefficient (Wildman–Crippen LogP) is 20.9. The molecule has 0 amide bonds. The monoisotopic (exact) mass is 1010 g/mol. The van der Waals surface area contributed by atoms with Crippen molar-refractivity contribution in [1.82, 2.24) is 0 Å². The maximum absolute atomic E-state index is 12.9. The highest BCUT2D eigenvalue weighted by atomic mass is 16.6. The Kier molecular flexibility index (Phi) is 57.8. The van der Waals surface area contributed by atoms with Crippen molar-refractivity contribution in [2.45, 2.75) is 297 Å². The summed E-state index contributed by atoms with van der Waals surface area (Å²) in [7, 11) is 0. The van der Waals surface area contributed by atoms with Gasteiger partial charge in [-0.15, -0.1) is 0 Å². The molecule has 0 aliphatic carbocycles. The van der Waals surface area contributed by atoms with Crippen LogP contribution in [0.25, 0.3) is 0 Å². The van der Waals surface area contributed by atoms with Gasteiger partial charge in [0.2, 0.25) is 0 Å². The summed E-state index contributed by atoms with van der Waals surface area (Å²) in [6.45, 7) is 6.49. The molecule has 0 rings (SSSR count). The maximum Gasteiger partial charge on any atom is 0.306 e. The number of esters is 3. The highest BCUT2D eigenvalue weighted by Gasteiger charge is 2.19. The lowest BCUT2D eigenvalue weighted by molar-refractivity contribution is -0.167. The van der Waals surface area contributed by atoms with Gasteiger partial charge in [-0.2, -0.15) is 0 Å². The van der Waals surface area contributed by atoms with Gasteiger partial charge in [0.1, 0.15) is 13.2 Å². The molecule has 0 saturated heterocycles. The molecule has 6 heteroatoms. The van der Waals surface area contributed by atoms with Crippen molar-refractivity contribution >= 4 is 17.9 Å². The summed E-state index contributed by atoms with van der Waals surface area (Å²) in [5.41, 5.74) is 0. The average Bonchev–Trinajstić information content (AvgIpc) is 3.39. The van der Waals surface area contributed by atoms with Crippen LogP contribution in [0.4, 0.5) is 0 Å². The number of allylic oxidation sites excluding steroid dienone is 16. The molecule has 0 aromatic rings. The van der Waals surface area contributed by atoms with Crippen molar-refractivity contribution in [1.29, 1.82) is 0 Å². The molecule has 0 aliphatic rings. The zero-order valence-electron chi connectivity index (χ0n) is 47.9. The molecule has 0 aliphatic heterocycles. The van der Waals surface area contributed by atoms with Crippen LogP contribution in [0.5, 0.6) is 0 Å². The molecule has 0 saturated carbocycles. The molecular formula is C67H114O6. The van der Waals surface area contributed by atoms with Crippen LogP contribution >= 0.6 is 0 Å². The van der Waals surface area contributed by atoms with Crippen molar-refractivity contribution in [2.24, 2.45) is 0 Å². The van der Waals surface area contributed by atoms with Crippen LogP contribution in [-0.2, 0) is 28.6 Å². The smallest absolute Gasteiger partial charge is 0.306 e. The van der Waals surface area contributed by atoms with Gasteiger partial charge in [0.05, 0.1) is 0 Å². The van der Waals surface area contributed by atoms with E-state index in [0.717, 1.165) is 128 Å². The summed E-state index contributed by atoms with van der Waals surface area (Å²) in [6.07, 6.45) is 81.1. The second kappa shape index (κ2) is 60.9. The molecule has 0 bridgehead atoms. The van der Waals surface area contributed by atoms with E-state index in [1.54, 1.807) is 0 Å². The standard InChI is InChI=1S/C67H114O6/c1-4-7-10-13-16-19-22-25-28-31-33-34-35-37-39-42-45-48-51-54-57-60-66(69)72-63-64(62-71-65(68)59-56-53-50-47-44-41-38-30-27-24-21-18-15-12-9-6-3)73-67(70)61-58-55-52-49-46-43-40-36-32-29-26-23-20-17-14-11-8-5-2/h7,10,16,19-21,23-25,28-30,32-34,38,64H,4-6,8-9,11-15,17-18,22,26-27,31,35-37,39-63H2,1-3H3/b10-7-,19-16-,23-20-,24-21-,28-25-,32-29-,34-33-,38-30-. The maximum atomic E-state index is 12.9. The predicted molar refractivity (Wildman–Crippen MR) is 316 cm³/mol. The Balaban J connectivity index is 4.43. The minimum absolute atomic E-state index is 0.0897. The molecule has 0 heterocycles. The SMILES string of the molecule is CC/C=C\C/C=C\C/C=C\C/C=C\CCCCCCCCCCC(=O)OCC(COC(=O)CCCCCCC/C=C\C/C=C\CCCCCC)OC(=O)CCCCCCCCC/C=C\C/C=C\CCCCCC. The molecule has 6 nitrogen and oxygen atoms in total. The van der Waals surface area contributed by atoms with Crippen LogP contribution in [0.3, 0.4) is 0 Å². The van der Waals surface area contributed by atoms with Gasteiger partial charge < -0.3 is 14.2 Å². The van der Waals surface area contributed by atoms with E-state index in [9.17, 15) is 14.4 Å². The van der Waals surface area contributed by atoms with E-state index in [-0.39, 0.29) is 31.1 Å². The minimum atomic E-state index is -0.793. The number of rotatable bonds is 55. The fourth-order valence-electron chi connectivity index (χ4n) is 8.44. The lowest BCUT2D eigenvalue weighted by atomic mass is 10.1. The zero-order valence-corrected chi connectivity index (χ0v) is 47.9. The van der Waals surface area contributed by atoms with Gasteiger partial charge in [0.15, 0.2) is 6.10 Å². The van der Waals surface area contributed by atoms with E-state index >= 15 is 0 Å². The topological polar surface area (TPSA) is 78.9 Å². The molecule has 0 fully saturated rings. The van der Waals surface area contributed by atoms with Gasteiger partial charge in [-0.25, -0.2) is 0 Å². The Bertz CT molecular complexity index is 1440. The molecule has 0 aromatic heterocycles. The van der Waals surface area contributed by atoms with Crippen LogP contribution in [-0.4, -0.2) is 37.2 Å². The number of carbonyl (C=O) groups is 3. The second-order valence-electron chi connectivity index (χ2n) is 20.2. The van der Waals surface area contributed by atoms with E-state index in [0.29, 0.717) is 19.3 Å². The fourth-order valence-corrected chi connectivity index (χ4v) is 8.44. The molecule has 0 aromatic carbocycles. The number of carbonyl (C=O) groups excluding carboxylic acids is 3. The summed E-state index contributed by atoms with van der Waals surface area (Å²) in [6, 6.07) is 0. The first-order chi connectivity index (χ1) is 36.0. The first kappa shape index (κ1) is 69.3. The summed E-state index contributed by atoms with van der Waals surface area (Å²) in [5, 5.41) is 0. The summed E-state index contributed by atoms with van der Waals surface area (Å²) < 4.78 is 16.9. The Labute approximate surface area is 451 Å². The van der Waals surface area contributed by atoms with Gasteiger partial charge in [-0.05, 0) is 122 Å². The third-order valence-electron chi connectivity index (χ3n) is 13.0. The quantitative estimate of drug-likeness (QED) is 0.0261. The van der Waals surface area contributed by atoms with Crippen LogP contribution in [0, 0.1) is 0 Å². The normalized spacial score (nSPS) is 12.8. The fraction of sp³-hybridized carbons (Fsp3) is 0.716. The van der Waals surface area contributed by atoms with Crippen molar-refractivity contribution in [3.63, 3.8) is 0 Å². The van der Waals surface area contributed by atoms with Gasteiger partial charge in [-0.1, -0.05) is 246 Å². The van der Waals surface area contributed by atoms with Gasteiger partial charge in [0.25, 0.3) is 0 Å². The Hall–Kier alpha value is -3.67. The minimum Gasteiger partial charge on any atom is -0.462 e. The number of unbranched alkanes of at least 4 members (excludes halogenated alkanes) is 28. The Morgan fingerprint density at radius 1 is 0.288 bits per heavy atom. The van der Waals surface area contributed by atoms with Crippen LogP contribution < -0.4 is 0 Å². The van der Waals surface area contributed by atoms with Crippen LogP contribution in [0.15, 0.2) is 97.2 Å². The van der Waals surface area contributed by atoms with Crippen molar-refractivity contribution in [3.05, 3.63) is 97.2 Å². The van der Waals surface area contributed by atoms with E-state index in [1.807, 2.05) is 0 Å². The Morgan fingerprint density at radius 3 is 0.836 bits per heavy atom. The van der Waals surface area contributed by atoms with E-state index in [2.05, 4.69) is 118 Å². The lowest BCUT2D eigenvalue weighted by Gasteiger charge is -2.18. The van der Waals surface area contributed by atoms with E-state index < -0.39 is 6.10 Å². The first-order valence-electron chi connectivity index (χ1n) is 30.7. The van der Waals surface area contributed by atoms with Gasteiger partial charge in [0, 0.05) is 19.3 Å². The van der Waals surface area contributed by atoms with Crippen LogP contribution in [0.1, 0.15) is 290 Å². The molecule has 418 valence electrons. The number of ether oxygens (including phenoxy) is 3. The molecule has 73 heavy (non-hydrogen) atoms. The highest BCUT2D eigenvalue weighted by molar-refractivity contribution is 5.71. The molecular weight excluding hydrogens is 901 g/mol. The van der Waals surface area contributed by atoms with E-state index in [1.165, 1.54) is 122 Å². The highest BCUT2D eigenvalue weighted by Crippen LogP contribution is 2.15. The average molecular weight is 1020 g/mol. The number of hydrogen-bond donors (Lipinski definition) is 0. The zero-order chi connectivity index (χ0) is 52.9. The summed E-state index contributed by atoms with van der Waals surface area (Å²) in [4.78, 5) is 38.3. The third-order valence-corrected chi connectivity index (χ3v) is 13.0. The largest absolute Gasteiger partial charge is 0.462 e. The molecule has 0 N–H and O–H groups in total. The molecule has 1 atom stereocenters. The summed E-state index contributed by atoms with van der Waals surface area (Å²) in [5.74, 6) is -0.911. The first-order valence-corrected chi connectivity index (χ1v) is 30.7. The second-order valence-corrected chi connectivity index (χ2v) is 20.2. The van der Waals surface area contributed by atoms with Gasteiger partial charge in [-0.3, -0.25) is 14.4 Å². The number of hydrogen-bond acceptors (Lipinski definition) is 6. The van der Waals surface area contributed by atoms with Crippen molar-refractivity contribution in [2.75, 3.05) is 13.2 Å². The molecule has 1 unspecified atom stereocenters. The third kappa shape index (κ3) is 59.1. The van der Waals surface area contributed by atoms with Crippen molar-refractivity contribution < 1.29 is 28.6 Å². The molecule has 0 radical (unpaired) electrons. The Morgan fingerprint density at radius 2 is 0.534 bits per heavy atom. The van der Waals surface area contributed by atoms with Crippen LogP contribution in [0.2, 0.25) is 0 Å². The van der Waals surface area contributed by atoms with E-state index in [4.69, 9.17) is 14.2 Å². The summed E-state index contributed by atoms with van der Waals surface area (Å²) >= 11 is 0. The van der Waals surface area contributed by atoms with Gasteiger partial charge >= 0.3 is 17.9 Å². The molecule has 0 spiro atoms. The lowest BCUT2D eigenvalue weighted by Crippen LogP contribution is -2.30. The van der Waals surface area contributed by atoms with Crippen molar-refractivity contribution in [3.8, 4) is 0 Å².